The maximum Gasteiger partial charge on any atom is 0.312 e. The van der Waals surface area contributed by atoms with E-state index in [1.807, 2.05) is 19.4 Å². The van der Waals surface area contributed by atoms with E-state index >= 15 is 0 Å². The van der Waals surface area contributed by atoms with Gasteiger partial charge in [0.1, 0.15) is 0 Å². The van der Waals surface area contributed by atoms with Crippen LogP contribution in [0.25, 0.3) is 0 Å². The Hall–Kier alpha value is -1.52. The molecule has 70 valence electrons. The van der Waals surface area contributed by atoms with E-state index < -0.39 is 6.03 Å². The van der Waals surface area contributed by atoms with Crippen LogP contribution in [0, 0.1) is 0 Å². The number of aromatic nitrogens is 2. The lowest BCUT2D eigenvalue weighted by atomic mass is 10.2. The van der Waals surface area contributed by atoms with Crippen molar-refractivity contribution in [3.05, 3.63) is 18.0 Å². The number of primary amides is 1. The highest BCUT2D eigenvalue weighted by atomic mass is 16.2. The molecule has 13 heavy (non-hydrogen) atoms. The molecule has 1 saturated carbocycles. The number of nitrogens with zero attached hydrogens (tertiary/aromatic N) is 2. The van der Waals surface area contributed by atoms with Crippen LogP contribution >= 0.6 is 0 Å². The number of nitrogens with one attached hydrogen (secondary N) is 1. The molecule has 2 amide bonds. The van der Waals surface area contributed by atoms with Crippen LogP contribution in [0.2, 0.25) is 0 Å². The molecule has 5 nitrogen and oxygen atoms in total. The van der Waals surface area contributed by atoms with Crippen LogP contribution in [0.3, 0.4) is 0 Å². The summed E-state index contributed by atoms with van der Waals surface area (Å²) in [6.07, 6.45) is 4.76. The van der Waals surface area contributed by atoms with Crippen molar-refractivity contribution < 1.29 is 4.79 Å². The molecule has 0 aliphatic heterocycles. The smallest absolute Gasteiger partial charge is 0.312 e. The fraction of sp³-hybridized carbons (Fsp3) is 0.500. The first-order chi connectivity index (χ1) is 6.16. The first-order valence-electron chi connectivity index (χ1n) is 4.21. The minimum absolute atomic E-state index is 0.210. The van der Waals surface area contributed by atoms with Gasteiger partial charge in [-0.3, -0.25) is 4.68 Å². The number of carbonyl (C=O) groups is 1. The molecule has 0 spiro atoms. The standard InChI is InChI=1S/C8H12N4O/c1-12-4-5(3-10-12)6-2-7(6)11-8(9)13/h3-4,6-7H,2H2,1H3,(H3,9,11,13)/t6-,7+/m1/s1. The fourth-order valence-corrected chi connectivity index (χ4v) is 1.54. The molecule has 0 bridgehead atoms. The SMILES string of the molecule is Cn1cc([C@H]2C[C@@H]2NC(N)=O)cn1. The molecule has 2 atom stereocenters. The van der Waals surface area contributed by atoms with Gasteiger partial charge in [0, 0.05) is 25.2 Å². The van der Waals surface area contributed by atoms with Crippen molar-refractivity contribution in [3.8, 4) is 0 Å². The van der Waals surface area contributed by atoms with Gasteiger partial charge in [0.25, 0.3) is 0 Å². The second-order valence-corrected chi connectivity index (χ2v) is 3.40. The zero-order valence-electron chi connectivity index (χ0n) is 7.40. The predicted octanol–water partition coefficient (Wildman–Crippen LogP) is -0.0557. The van der Waals surface area contributed by atoms with Crippen LogP contribution in [-0.4, -0.2) is 21.9 Å². The Kier molecular flexibility index (Phi) is 1.72. The van der Waals surface area contributed by atoms with Crippen molar-refractivity contribution in [2.75, 3.05) is 0 Å². The maximum atomic E-state index is 10.5. The monoisotopic (exact) mass is 180 g/mol. The first kappa shape index (κ1) is 8.10. The van der Waals surface area contributed by atoms with Crippen molar-refractivity contribution in [2.24, 2.45) is 12.8 Å². The molecular weight excluding hydrogens is 168 g/mol. The molecule has 1 fully saturated rings. The van der Waals surface area contributed by atoms with Gasteiger partial charge in [-0.05, 0) is 12.0 Å². The van der Waals surface area contributed by atoms with Gasteiger partial charge in [0.15, 0.2) is 0 Å². The topological polar surface area (TPSA) is 72.9 Å². The summed E-state index contributed by atoms with van der Waals surface area (Å²) in [6.45, 7) is 0. The quantitative estimate of drug-likeness (QED) is 0.669. The van der Waals surface area contributed by atoms with Crippen molar-refractivity contribution in [2.45, 2.75) is 18.4 Å². The molecule has 0 radical (unpaired) electrons. The Bertz CT molecular complexity index is 333. The average Bonchev–Trinajstić information content (AvgIpc) is 2.63. The van der Waals surface area contributed by atoms with Gasteiger partial charge < -0.3 is 11.1 Å². The Balaban J connectivity index is 1.96. The van der Waals surface area contributed by atoms with Crippen LogP contribution < -0.4 is 11.1 Å². The minimum atomic E-state index is -0.448. The average molecular weight is 180 g/mol. The number of nitrogens with two attached hydrogens (primary N) is 1. The number of amides is 2. The largest absolute Gasteiger partial charge is 0.352 e. The summed E-state index contributed by atoms with van der Waals surface area (Å²) in [7, 11) is 1.88. The molecule has 1 aliphatic carbocycles. The summed E-state index contributed by atoms with van der Waals surface area (Å²) < 4.78 is 1.76. The number of hydrogen-bond acceptors (Lipinski definition) is 2. The summed E-state index contributed by atoms with van der Waals surface area (Å²) in [6, 6.07) is -0.238. The van der Waals surface area contributed by atoms with E-state index in [9.17, 15) is 4.79 Å². The van der Waals surface area contributed by atoms with Crippen molar-refractivity contribution >= 4 is 6.03 Å². The van der Waals surface area contributed by atoms with Crippen molar-refractivity contribution in [3.63, 3.8) is 0 Å². The molecule has 1 aromatic heterocycles. The second kappa shape index (κ2) is 2.76. The zero-order valence-corrected chi connectivity index (χ0v) is 7.40. The van der Waals surface area contributed by atoms with Crippen LogP contribution in [-0.2, 0) is 7.05 Å². The lowest BCUT2D eigenvalue weighted by Crippen LogP contribution is -2.31. The van der Waals surface area contributed by atoms with Gasteiger partial charge in [0.2, 0.25) is 0 Å². The molecule has 1 aromatic rings. The van der Waals surface area contributed by atoms with Crippen LogP contribution in [0.15, 0.2) is 12.4 Å². The third kappa shape index (κ3) is 1.63. The molecule has 2 rings (SSSR count). The highest BCUT2D eigenvalue weighted by molar-refractivity contribution is 5.72. The van der Waals surface area contributed by atoms with Crippen LogP contribution in [0.5, 0.6) is 0 Å². The molecule has 1 heterocycles. The number of carbonyl (C=O) groups excluding carboxylic acids is 1. The zero-order chi connectivity index (χ0) is 9.42. The Morgan fingerprint density at radius 3 is 3.15 bits per heavy atom. The predicted molar refractivity (Wildman–Crippen MR) is 47.1 cm³/mol. The van der Waals surface area contributed by atoms with E-state index in [-0.39, 0.29) is 6.04 Å². The van der Waals surface area contributed by atoms with Gasteiger partial charge in [-0.15, -0.1) is 0 Å². The highest BCUT2D eigenvalue weighted by Gasteiger charge is 2.39. The summed E-state index contributed by atoms with van der Waals surface area (Å²) in [4.78, 5) is 10.5. The van der Waals surface area contributed by atoms with E-state index in [0.29, 0.717) is 5.92 Å². The molecule has 0 aromatic carbocycles. The molecular formula is C8H12N4O. The lowest BCUT2D eigenvalue weighted by molar-refractivity contribution is 0.248. The Morgan fingerprint density at radius 2 is 2.62 bits per heavy atom. The van der Waals surface area contributed by atoms with E-state index in [1.165, 1.54) is 5.56 Å². The normalized spacial score (nSPS) is 25.6. The number of rotatable bonds is 2. The number of hydrogen-bond donors (Lipinski definition) is 2. The van der Waals surface area contributed by atoms with Crippen molar-refractivity contribution in [1.29, 1.82) is 0 Å². The van der Waals surface area contributed by atoms with Gasteiger partial charge >= 0.3 is 6.03 Å². The van der Waals surface area contributed by atoms with Crippen LogP contribution in [0.4, 0.5) is 4.79 Å². The van der Waals surface area contributed by atoms with Gasteiger partial charge in [-0.2, -0.15) is 5.10 Å². The Morgan fingerprint density at radius 1 is 1.85 bits per heavy atom. The van der Waals surface area contributed by atoms with E-state index in [0.717, 1.165) is 6.42 Å². The van der Waals surface area contributed by atoms with Crippen molar-refractivity contribution in [1.82, 2.24) is 15.1 Å². The lowest BCUT2D eigenvalue weighted by Gasteiger charge is -1.97. The van der Waals surface area contributed by atoms with Gasteiger partial charge in [-0.25, -0.2) is 4.79 Å². The fourth-order valence-electron chi connectivity index (χ4n) is 1.54. The number of urea groups is 1. The molecule has 0 saturated heterocycles. The molecule has 5 heteroatoms. The summed E-state index contributed by atoms with van der Waals surface area (Å²) in [5.41, 5.74) is 6.18. The number of aryl methyl sites for hydroxylation is 1. The summed E-state index contributed by atoms with van der Waals surface area (Å²) >= 11 is 0. The summed E-state index contributed by atoms with van der Waals surface area (Å²) in [5.74, 6) is 0.404. The second-order valence-electron chi connectivity index (χ2n) is 3.40. The molecule has 0 unspecified atom stereocenters. The summed E-state index contributed by atoms with van der Waals surface area (Å²) in [5, 5.41) is 6.74. The van der Waals surface area contributed by atoms with Crippen LogP contribution in [0.1, 0.15) is 17.9 Å². The molecule has 3 N–H and O–H groups in total. The minimum Gasteiger partial charge on any atom is -0.352 e. The van der Waals surface area contributed by atoms with E-state index in [2.05, 4.69) is 10.4 Å². The van der Waals surface area contributed by atoms with Gasteiger partial charge in [-0.1, -0.05) is 0 Å². The maximum absolute atomic E-state index is 10.5. The highest BCUT2D eigenvalue weighted by Crippen LogP contribution is 2.40. The molecule has 1 aliphatic rings. The van der Waals surface area contributed by atoms with E-state index in [4.69, 9.17) is 5.73 Å². The van der Waals surface area contributed by atoms with E-state index in [1.54, 1.807) is 4.68 Å². The first-order valence-corrected chi connectivity index (χ1v) is 4.21. The third-order valence-electron chi connectivity index (χ3n) is 2.27. The Labute approximate surface area is 75.9 Å². The van der Waals surface area contributed by atoms with Gasteiger partial charge in [0.05, 0.1) is 6.20 Å². The third-order valence-corrected chi connectivity index (χ3v) is 2.27.